The van der Waals surface area contributed by atoms with E-state index in [0.29, 0.717) is 5.95 Å². The molecule has 110 valence electrons. The molecule has 3 aromatic rings. The number of aromatic nitrogens is 4. The Bertz CT molecular complexity index is 815. The Labute approximate surface area is 131 Å². The van der Waals surface area contributed by atoms with Crippen LogP contribution in [-0.4, -0.2) is 19.3 Å². The number of hydrogen-bond acceptors (Lipinski definition) is 3. The molecule has 0 aliphatic carbocycles. The van der Waals surface area contributed by atoms with Gasteiger partial charge in [-0.15, -0.1) is 0 Å². The summed E-state index contributed by atoms with van der Waals surface area (Å²) < 4.78 is 4.89. The highest BCUT2D eigenvalue weighted by Crippen LogP contribution is 2.30. The number of rotatable bonds is 3. The van der Waals surface area contributed by atoms with Crippen molar-refractivity contribution >= 4 is 33.0 Å². The number of imidazole rings is 1. The fourth-order valence-corrected chi connectivity index (χ4v) is 3.03. The van der Waals surface area contributed by atoms with Gasteiger partial charge >= 0.3 is 0 Å². The van der Waals surface area contributed by atoms with Gasteiger partial charge in [-0.05, 0) is 31.0 Å². The Balaban J connectivity index is 2.33. The van der Waals surface area contributed by atoms with Crippen LogP contribution in [0.3, 0.4) is 0 Å². The summed E-state index contributed by atoms with van der Waals surface area (Å²) in [6.45, 7) is 4.20. The van der Waals surface area contributed by atoms with Crippen LogP contribution in [0, 0.1) is 6.92 Å². The van der Waals surface area contributed by atoms with Crippen molar-refractivity contribution in [1.82, 2.24) is 19.3 Å². The molecule has 21 heavy (non-hydrogen) atoms. The summed E-state index contributed by atoms with van der Waals surface area (Å²) >= 11 is 3.57. The second-order valence-corrected chi connectivity index (χ2v) is 6.04. The smallest absolute Gasteiger partial charge is 0.207 e. The number of halogens is 1. The van der Waals surface area contributed by atoms with Gasteiger partial charge in [0.05, 0.1) is 11.4 Å². The minimum Gasteiger partial charge on any atom is -0.369 e. The fourth-order valence-electron chi connectivity index (χ4n) is 2.68. The molecule has 0 aliphatic heterocycles. The van der Waals surface area contributed by atoms with Crippen LogP contribution in [0.15, 0.2) is 22.7 Å². The van der Waals surface area contributed by atoms with Crippen molar-refractivity contribution in [1.29, 1.82) is 0 Å². The van der Waals surface area contributed by atoms with Gasteiger partial charge in [-0.25, -0.2) is 9.67 Å². The Hall–Kier alpha value is -1.82. The average Bonchev–Trinajstić information content (AvgIpc) is 2.92. The van der Waals surface area contributed by atoms with Crippen LogP contribution in [-0.2, 0) is 13.5 Å². The Morgan fingerprint density at radius 3 is 2.81 bits per heavy atom. The normalized spacial score (nSPS) is 11.4. The molecular formula is C15H18BrN5. The zero-order valence-corrected chi connectivity index (χ0v) is 14.0. The highest BCUT2D eigenvalue weighted by molar-refractivity contribution is 9.10. The van der Waals surface area contributed by atoms with Crippen LogP contribution in [0.4, 0.5) is 5.95 Å². The van der Waals surface area contributed by atoms with Crippen molar-refractivity contribution < 1.29 is 0 Å². The molecule has 0 saturated carbocycles. The van der Waals surface area contributed by atoms with Gasteiger partial charge in [0.1, 0.15) is 5.52 Å². The van der Waals surface area contributed by atoms with Crippen LogP contribution in [0.25, 0.3) is 16.9 Å². The van der Waals surface area contributed by atoms with Crippen molar-refractivity contribution in [3.63, 3.8) is 0 Å². The third-order valence-corrected chi connectivity index (χ3v) is 4.56. The topological polar surface area (TPSA) is 61.7 Å². The van der Waals surface area contributed by atoms with E-state index in [1.165, 1.54) is 0 Å². The van der Waals surface area contributed by atoms with Crippen LogP contribution < -0.4 is 5.73 Å². The van der Waals surface area contributed by atoms with E-state index in [1.54, 1.807) is 0 Å². The monoisotopic (exact) mass is 347 g/mol. The predicted octanol–water partition coefficient (Wildman–Crippen LogP) is 3.36. The number of anilines is 1. The summed E-state index contributed by atoms with van der Waals surface area (Å²) in [5, 5.41) is 4.58. The molecule has 1 aromatic carbocycles. The molecule has 0 fully saturated rings. The number of nitrogens with two attached hydrogens (primary N) is 1. The van der Waals surface area contributed by atoms with Crippen LogP contribution in [0.5, 0.6) is 0 Å². The summed E-state index contributed by atoms with van der Waals surface area (Å²) in [4.78, 5) is 4.54. The van der Waals surface area contributed by atoms with Gasteiger partial charge < -0.3 is 5.73 Å². The lowest BCUT2D eigenvalue weighted by atomic mass is 10.2. The zero-order valence-electron chi connectivity index (χ0n) is 12.4. The molecule has 2 heterocycles. The van der Waals surface area contributed by atoms with Crippen molar-refractivity contribution in [3.05, 3.63) is 33.9 Å². The van der Waals surface area contributed by atoms with Gasteiger partial charge in [0.15, 0.2) is 5.65 Å². The van der Waals surface area contributed by atoms with E-state index in [1.807, 2.05) is 34.5 Å². The lowest BCUT2D eigenvalue weighted by molar-refractivity contribution is 0.737. The maximum Gasteiger partial charge on any atom is 0.207 e. The molecule has 2 N–H and O–H groups in total. The Morgan fingerprint density at radius 2 is 2.10 bits per heavy atom. The Kier molecular flexibility index (Phi) is 3.49. The number of hydrogen-bond donors (Lipinski definition) is 1. The van der Waals surface area contributed by atoms with E-state index in [2.05, 4.69) is 39.9 Å². The standard InChI is InChI=1S/C15H18BrN5/c1-4-6-11-13-14(20(3)19-11)21(15(17)18-13)12-8-5-7-10(16)9(12)2/h5,7-8H,4,6H2,1-3H3,(H2,17,18). The van der Waals surface area contributed by atoms with Gasteiger partial charge in [-0.2, -0.15) is 5.10 Å². The highest BCUT2D eigenvalue weighted by atomic mass is 79.9. The predicted molar refractivity (Wildman–Crippen MR) is 88.7 cm³/mol. The summed E-state index contributed by atoms with van der Waals surface area (Å²) in [6.07, 6.45) is 1.94. The van der Waals surface area contributed by atoms with Crippen LogP contribution in [0.2, 0.25) is 0 Å². The first kappa shape index (κ1) is 14.1. The molecule has 3 rings (SSSR count). The van der Waals surface area contributed by atoms with Crippen molar-refractivity contribution in [3.8, 4) is 5.69 Å². The molecule has 0 radical (unpaired) electrons. The van der Waals surface area contributed by atoms with Crippen LogP contribution in [0.1, 0.15) is 24.6 Å². The second-order valence-electron chi connectivity index (χ2n) is 5.18. The van der Waals surface area contributed by atoms with E-state index in [4.69, 9.17) is 5.73 Å². The molecular weight excluding hydrogens is 330 g/mol. The molecule has 0 bridgehead atoms. The molecule has 2 aromatic heterocycles. The van der Waals surface area contributed by atoms with Crippen molar-refractivity contribution in [2.45, 2.75) is 26.7 Å². The van der Waals surface area contributed by atoms with Crippen molar-refractivity contribution in [2.75, 3.05) is 5.73 Å². The number of fused-ring (bicyclic) bond motifs is 1. The first-order chi connectivity index (χ1) is 10.0. The molecule has 0 atom stereocenters. The maximum atomic E-state index is 6.18. The largest absolute Gasteiger partial charge is 0.369 e. The average molecular weight is 348 g/mol. The number of nitrogen functional groups attached to an aromatic ring is 1. The Morgan fingerprint density at radius 1 is 1.33 bits per heavy atom. The van der Waals surface area contributed by atoms with E-state index in [9.17, 15) is 0 Å². The first-order valence-corrected chi connectivity index (χ1v) is 7.79. The van der Waals surface area contributed by atoms with Crippen molar-refractivity contribution in [2.24, 2.45) is 7.05 Å². The van der Waals surface area contributed by atoms with E-state index in [-0.39, 0.29) is 0 Å². The minimum absolute atomic E-state index is 0.497. The van der Waals surface area contributed by atoms with Gasteiger partial charge in [-0.3, -0.25) is 4.57 Å². The van der Waals surface area contributed by atoms with E-state index < -0.39 is 0 Å². The summed E-state index contributed by atoms with van der Waals surface area (Å²) in [5.41, 5.74) is 11.2. The third-order valence-electron chi connectivity index (χ3n) is 3.70. The lowest BCUT2D eigenvalue weighted by Gasteiger charge is -2.11. The summed E-state index contributed by atoms with van der Waals surface area (Å²) in [7, 11) is 1.94. The van der Waals surface area contributed by atoms with Gasteiger partial charge in [0.2, 0.25) is 5.95 Å². The summed E-state index contributed by atoms with van der Waals surface area (Å²) in [5.74, 6) is 0.497. The molecule has 5 nitrogen and oxygen atoms in total. The molecule has 0 spiro atoms. The van der Waals surface area contributed by atoms with Crippen LogP contribution >= 0.6 is 15.9 Å². The number of aryl methyl sites for hydroxylation is 2. The quantitative estimate of drug-likeness (QED) is 0.789. The van der Waals surface area contributed by atoms with E-state index in [0.717, 1.165) is 45.4 Å². The van der Waals surface area contributed by atoms with E-state index >= 15 is 0 Å². The molecule has 0 saturated heterocycles. The highest BCUT2D eigenvalue weighted by Gasteiger charge is 2.19. The van der Waals surface area contributed by atoms with Gasteiger partial charge in [-0.1, -0.05) is 35.3 Å². The molecule has 6 heteroatoms. The summed E-state index contributed by atoms with van der Waals surface area (Å²) in [6, 6.07) is 6.07. The zero-order chi connectivity index (χ0) is 15.1. The molecule has 0 unspecified atom stereocenters. The fraction of sp³-hybridized carbons (Fsp3) is 0.333. The maximum absolute atomic E-state index is 6.18. The van der Waals surface area contributed by atoms with Gasteiger partial charge in [0.25, 0.3) is 0 Å². The second kappa shape index (κ2) is 5.18. The third kappa shape index (κ3) is 2.14. The first-order valence-electron chi connectivity index (χ1n) is 6.99. The number of benzene rings is 1. The SMILES string of the molecule is CCCc1nn(C)c2c1nc(N)n2-c1cccc(Br)c1C. The lowest BCUT2D eigenvalue weighted by Crippen LogP contribution is -2.06. The molecule has 0 amide bonds. The van der Waals surface area contributed by atoms with Gasteiger partial charge in [0, 0.05) is 11.5 Å². The minimum atomic E-state index is 0.497. The number of nitrogens with zero attached hydrogens (tertiary/aromatic N) is 4. The molecule has 0 aliphatic rings.